The van der Waals surface area contributed by atoms with Crippen molar-refractivity contribution < 1.29 is 9.66 Å². The van der Waals surface area contributed by atoms with E-state index in [1.807, 2.05) is 13.8 Å². The van der Waals surface area contributed by atoms with Crippen molar-refractivity contribution >= 4 is 5.69 Å². The quantitative estimate of drug-likeness (QED) is 0.541. The summed E-state index contributed by atoms with van der Waals surface area (Å²) in [6.07, 6.45) is 0. The van der Waals surface area contributed by atoms with Crippen molar-refractivity contribution in [3.63, 3.8) is 0 Å². The Morgan fingerprint density at radius 2 is 1.93 bits per heavy atom. The van der Waals surface area contributed by atoms with E-state index in [2.05, 4.69) is 0 Å². The van der Waals surface area contributed by atoms with Gasteiger partial charge in [-0.05, 0) is 18.6 Å². The summed E-state index contributed by atoms with van der Waals surface area (Å²) in [7, 11) is 1.54. The fraction of sp³-hybridized carbons (Fsp3) is 0.400. The number of hydrogen-bond acceptors (Lipinski definition) is 3. The van der Waals surface area contributed by atoms with E-state index >= 15 is 0 Å². The number of aryl methyl sites for hydroxylation is 1. The van der Waals surface area contributed by atoms with Crippen molar-refractivity contribution in [2.45, 2.75) is 20.8 Å². The summed E-state index contributed by atoms with van der Waals surface area (Å²) in [6.45, 7) is 5.77. The van der Waals surface area contributed by atoms with Gasteiger partial charge in [0.15, 0.2) is 0 Å². The summed E-state index contributed by atoms with van der Waals surface area (Å²) in [5.74, 6) is 0.667. The van der Waals surface area contributed by atoms with Gasteiger partial charge in [0, 0.05) is 12.1 Å². The van der Waals surface area contributed by atoms with Crippen molar-refractivity contribution in [3.8, 4) is 5.75 Å². The molecule has 78 valence electrons. The molecular formula is C10H15NO3. The van der Waals surface area contributed by atoms with Gasteiger partial charge in [0.25, 0.3) is 5.69 Å². The van der Waals surface area contributed by atoms with Gasteiger partial charge in [-0.3, -0.25) is 10.1 Å². The molecule has 1 rings (SSSR count). The van der Waals surface area contributed by atoms with Crippen LogP contribution in [0.25, 0.3) is 0 Å². The zero-order valence-corrected chi connectivity index (χ0v) is 8.90. The lowest BCUT2D eigenvalue weighted by molar-refractivity contribution is -0.384. The van der Waals surface area contributed by atoms with E-state index in [1.165, 1.54) is 19.2 Å². The minimum Gasteiger partial charge on any atom is -0.496 e. The minimum absolute atomic E-state index is 0.0910. The maximum atomic E-state index is 10.3. The van der Waals surface area contributed by atoms with E-state index in [0.29, 0.717) is 5.75 Å². The maximum absolute atomic E-state index is 10.3. The first-order valence-electron chi connectivity index (χ1n) is 4.44. The number of rotatable bonds is 2. The van der Waals surface area contributed by atoms with Gasteiger partial charge in [-0.2, -0.15) is 0 Å². The summed E-state index contributed by atoms with van der Waals surface area (Å²) < 4.78 is 4.96. The van der Waals surface area contributed by atoms with E-state index in [0.717, 1.165) is 5.56 Å². The number of nitrogens with zero attached hydrogens (tertiary/aromatic N) is 1. The molecule has 1 aromatic carbocycles. The van der Waals surface area contributed by atoms with Gasteiger partial charge in [-0.15, -0.1) is 0 Å². The molecule has 4 heteroatoms. The monoisotopic (exact) mass is 197 g/mol. The van der Waals surface area contributed by atoms with E-state index in [1.54, 1.807) is 13.0 Å². The van der Waals surface area contributed by atoms with Crippen molar-refractivity contribution in [1.82, 2.24) is 0 Å². The molecule has 0 amide bonds. The first kappa shape index (κ1) is 12.4. The molecule has 0 aliphatic heterocycles. The van der Waals surface area contributed by atoms with Gasteiger partial charge in [0.2, 0.25) is 0 Å². The highest BCUT2D eigenvalue weighted by molar-refractivity contribution is 5.42. The Labute approximate surface area is 83.7 Å². The Morgan fingerprint density at radius 3 is 2.29 bits per heavy atom. The number of nitro benzene ring substituents is 1. The average Bonchev–Trinajstić information content (AvgIpc) is 2.20. The second-order valence-electron chi connectivity index (χ2n) is 2.41. The highest BCUT2D eigenvalue weighted by atomic mass is 16.6. The third-order valence-corrected chi connectivity index (χ3v) is 1.59. The largest absolute Gasteiger partial charge is 0.496 e. The molecular weight excluding hydrogens is 182 g/mol. The van der Waals surface area contributed by atoms with Crippen LogP contribution < -0.4 is 4.74 Å². The molecule has 0 fully saturated rings. The summed E-state index contributed by atoms with van der Waals surface area (Å²) in [4.78, 5) is 9.89. The van der Waals surface area contributed by atoms with Crippen LogP contribution in [-0.2, 0) is 0 Å². The molecule has 0 aliphatic rings. The molecule has 0 saturated heterocycles. The van der Waals surface area contributed by atoms with Crippen LogP contribution in [0.3, 0.4) is 0 Å². The van der Waals surface area contributed by atoms with Gasteiger partial charge >= 0.3 is 0 Å². The van der Waals surface area contributed by atoms with Crippen LogP contribution in [0.15, 0.2) is 18.2 Å². The Kier molecular flexibility index (Phi) is 5.29. The first-order chi connectivity index (χ1) is 6.65. The second-order valence-corrected chi connectivity index (χ2v) is 2.41. The number of benzene rings is 1. The molecule has 0 radical (unpaired) electrons. The van der Waals surface area contributed by atoms with Crippen LogP contribution >= 0.6 is 0 Å². The lowest BCUT2D eigenvalue weighted by atomic mass is 10.2. The Bertz CT molecular complexity index is 310. The number of nitro groups is 1. The Balaban J connectivity index is 0.000000791. The summed E-state index contributed by atoms with van der Waals surface area (Å²) in [6, 6.07) is 4.50. The van der Waals surface area contributed by atoms with Gasteiger partial charge in [0.1, 0.15) is 5.75 Å². The normalized spacial score (nSPS) is 8.57. The summed E-state index contributed by atoms with van der Waals surface area (Å²) >= 11 is 0. The van der Waals surface area contributed by atoms with E-state index in [4.69, 9.17) is 4.74 Å². The van der Waals surface area contributed by atoms with Crippen LogP contribution in [0.4, 0.5) is 5.69 Å². The molecule has 4 nitrogen and oxygen atoms in total. The van der Waals surface area contributed by atoms with Crippen molar-refractivity contribution in [2.24, 2.45) is 0 Å². The van der Waals surface area contributed by atoms with Crippen molar-refractivity contribution in [1.29, 1.82) is 0 Å². The zero-order valence-electron chi connectivity index (χ0n) is 8.90. The van der Waals surface area contributed by atoms with Gasteiger partial charge in [-0.1, -0.05) is 13.8 Å². The molecule has 0 atom stereocenters. The van der Waals surface area contributed by atoms with E-state index in [9.17, 15) is 10.1 Å². The lowest BCUT2D eigenvalue weighted by Gasteiger charge is -2.02. The Morgan fingerprint density at radius 1 is 1.36 bits per heavy atom. The number of hydrogen-bond donors (Lipinski definition) is 0. The molecule has 14 heavy (non-hydrogen) atoms. The highest BCUT2D eigenvalue weighted by Gasteiger charge is 2.07. The van der Waals surface area contributed by atoms with E-state index in [-0.39, 0.29) is 5.69 Å². The topological polar surface area (TPSA) is 52.4 Å². The van der Waals surface area contributed by atoms with Crippen molar-refractivity contribution in [2.75, 3.05) is 7.11 Å². The van der Waals surface area contributed by atoms with Gasteiger partial charge < -0.3 is 4.74 Å². The fourth-order valence-corrected chi connectivity index (χ4v) is 0.976. The smallest absolute Gasteiger partial charge is 0.269 e. The number of non-ortho nitro benzene ring substituents is 1. The molecule has 0 saturated carbocycles. The Hall–Kier alpha value is -1.58. The average molecular weight is 197 g/mol. The number of ether oxygens (including phenoxy) is 1. The van der Waals surface area contributed by atoms with Crippen LogP contribution in [0.2, 0.25) is 0 Å². The molecule has 0 aliphatic carbocycles. The predicted molar refractivity (Wildman–Crippen MR) is 55.7 cm³/mol. The summed E-state index contributed by atoms with van der Waals surface area (Å²) in [5, 5.41) is 10.3. The molecule has 0 heterocycles. The molecule has 0 spiro atoms. The zero-order chi connectivity index (χ0) is 11.1. The van der Waals surface area contributed by atoms with Crippen LogP contribution in [0, 0.1) is 17.0 Å². The highest BCUT2D eigenvalue weighted by Crippen LogP contribution is 2.22. The molecule has 0 N–H and O–H groups in total. The fourth-order valence-electron chi connectivity index (χ4n) is 0.976. The van der Waals surface area contributed by atoms with Crippen LogP contribution in [-0.4, -0.2) is 12.0 Å². The lowest BCUT2D eigenvalue weighted by Crippen LogP contribution is -1.91. The first-order valence-corrected chi connectivity index (χ1v) is 4.44. The predicted octanol–water partition coefficient (Wildman–Crippen LogP) is 2.94. The third kappa shape index (κ3) is 3.05. The maximum Gasteiger partial charge on any atom is 0.269 e. The minimum atomic E-state index is -0.424. The molecule has 0 bridgehead atoms. The number of methoxy groups -OCH3 is 1. The van der Waals surface area contributed by atoms with E-state index < -0.39 is 4.92 Å². The molecule has 0 unspecified atom stereocenters. The molecule has 1 aromatic rings. The standard InChI is InChI=1S/C8H9NO3.C2H6/c1-6-5-7(9(10)11)3-4-8(6)12-2;1-2/h3-5H,1-2H3;1-2H3. The van der Waals surface area contributed by atoms with Gasteiger partial charge in [-0.25, -0.2) is 0 Å². The van der Waals surface area contributed by atoms with Gasteiger partial charge in [0.05, 0.1) is 12.0 Å². The second kappa shape index (κ2) is 5.96. The van der Waals surface area contributed by atoms with Crippen LogP contribution in [0.1, 0.15) is 19.4 Å². The molecule has 0 aromatic heterocycles. The SMILES string of the molecule is CC.COc1ccc([N+](=O)[O-])cc1C. The van der Waals surface area contributed by atoms with Crippen molar-refractivity contribution in [3.05, 3.63) is 33.9 Å². The summed E-state index contributed by atoms with van der Waals surface area (Å²) in [5.41, 5.74) is 0.861. The van der Waals surface area contributed by atoms with Crippen LogP contribution in [0.5, 0.6) is 5.75 Å². The third-order valence-electron chi connectivity index (χ3n) is 1.59.